The second-order valence-electron chi connectivity index (χ2n) is 10.0. The van der Waals surface area contributed by atoms with Crippen LogP contribution in [0.3, 0.4) is 0 Å². The van der Waals surface area contributed by atoms with E-state index in [-0.39, 0.29) is 35.8 Å². The van der Waals surface area contributed by atoms with Crippen LogP contribution in [-0.4, -0.2) is 56.5 Å². The van der Waals surface area contributed by atoms with E-state index in [1.807, 2.05) is 73.6 Å². The number of hydrogen-bond acceptors (Lipinski definition) is 5. The van der Waals surface area contributed by atoms with E-state index in [4.69, 9.17) is 16.3 Å². The molecule has 1 aliphatic rings. The zero-order chi connectivity index (χ0) is 26.6. The van der Waals surface area contributed by atoms with E-state index in [9.17, 15) is 13.5 Å². The Morgan fingerprint density at radius 2 is 1.74 bits per heavy atom. The Kier molecular flexibility index (Phi) is 10.3. The van der Waals surface area contributed by atoms with E-state index < -0.39 is 15.6 Å². The van der Waals surface area contributed by atoms with E-state index in [2.05, 4.69) is 0 Å². The highest BCUT2D eigenvalue weighted by Crippen LogP contribution is 2.45. The van der Waals surface area contributed by atoms with Crippen LogP contribution >= 0.6 is 24.0 Å². The summed E-state index contributed by atoms with van der Waals surface area (Å²) in [4.78, 5) is 2.22. The minimum atomic E-state index is -3.85. The Hall–Kier alpha value is -2.13. The first-order valence-electron chi connectivity index (χ1n) is 12.5. The quantitative estimate of drug-likeness (QED) is 0.359. The van der Waals surface area contributed by atoms with Gasteiger partial charge in [-0.05, 0) is 74.8 Å². The zero-order valence-corrected chi connectivity index (χ0v) is 24.3. The molecule has 0 radical (unpaired) electrons. The molecule has 1 fully saturated rings. The van der Waals surface area contributed by atoms with Gasteiger partial charge in [-0.2, -0.15) is 4.31 Å². The number of rotatable bonds is 9. The first-order valence-corrected chi connectivity index (χ1v) is 14.3. The molecular weight excluding hydrogens is 543 g/mol. The first-order chi connectivity index (χ1) is 17.6. The molecule has 3 atom stereocenters. The fourth-order valence-electron chi connectivity index (χ4n) is 5.37. The van der Waals surface area contributed by atoms with Crippen LogP contribution in [0.2, 0.25) is 5.02 Å². The van der Waals surface area contributed by atoms with Gasteiger partial charge < -0.3 is 14.7 Å². The largest absolute Gasteiger partial charge is 0.497 e. The van der Waals surface area contributed by atoms with Crippen molar-refractivity contribution in [3.05, 3.63) is 95.0 Å². The number of halogens is 2. The van der Waals surface area contributed by atoms with E-state index >= 15 is 0 Å². The van der Waals surface area contributed by atoms with Crippen molar-refractivity contribution in [2.45, 2.75) is 42.3 Å². The SMILES string of the molecule is COc1cccc([C@@]2(O)CC[C@H](N(Cc3ccccc3)S(=O)(=O)c3cccc(Cl)c3)C[C@@H]2CN(C)C)c1.Cl. The summed E-state index contributed by atoms with van der Waals surface area (Å²) in [6, 6.07) is 23.3. The summed E-state index contributed by atoms with van der Waals surface area (Å²) in [7, 11) is 1.70. The van der Waals surface area contributed by atoms with Crippen LogP contribution in [0.5, 0.6) is 5.75 Å². The van der Waals surface area contributed by atoms with E-state index in [0.29, 0.717) is 36.6 Å². The predicted octanol–water partition coefficient (Wildman–Crippen LogP) is 5.58. The van der Waals surface area contributed by atoms with Gasteiger partial charge in [-0.1, -0.05) is 60.1 Å². The third kappa shape index (κ3) is 6.71. The normalized spacial score (nSPS) is 21.8. The van der Waals surface area contributed by atoms with Crippen molar-refractivity contribution in [1.29, 1.82) is 0 Å². The lowest BCUT2D eigenvalue weighted by molar-refractivity contribution is -0.0763. The van der Waals surface area contributed by atoms with Gasteiger partial charge >= 0.3 is 0 Å². The Balaban J connectivity index is 0.00000400. The molecule has 1 N–H and O–H groups in total. The van der Waals surface area contributed by atoms with E-state index in [0.717, 1.165) is 11.1 Å². The molecule has 0 heterocycles. The molecule has 1 aliphatic carbocycles. The van der Waals surface area contributed by atoms with Gasteiger partial charge in [-0.25, -0.2) is 8.42 Å². The van der Waals surface area contributed by atoms with Crippen LogP contribution in [0.4, 0.5) is 0 Å². The number of sulfonamides is 1. The van der Waals surface area contributed by atoms with Gasteiger partial charge in [-0.15, -0.1) is 12.4 Å². The summed E-state index contributed by atoms with van der Waals surface area (Å²) in [6.45, 7) is 0.854. The summed E-state index contributed by atoms with van der Waals surface area (Å²) in [5, 5.41) is 12.4. The van der Waals surface area contributed by atoms with Crippen LogP contribution in [0, 0.1) is 5.92 Å². The number of nitrogens with zero attached hydrogens (tertiary/aromatic N) is 2. The third-order valence-electron chi connectivity index (χ3n) is 7.24. The Morgan fingerprint density at radius 3 is 2.39 bits per heavy atom. The highest BCUT2D eigenvalue weighted by molar-refractivity contribution is 7.89. The van der Waals surface area contributed by atoms with E-state index in [1.165, 1.54) is 6.07 Å². The van der Waals surface area contributed by atoms with Crippen molar-refractivity contribution in [1.82, 2.24) is 9.21 Å². The number of hydrogen-bond donors (Lipinski definition) is 1. The van der Waals surface area contributed by atoms with Gasteiger partial charge in [-0.3, -0.25) is 0 Å². The van der Waals surface area contributed by atoms with Gasteiger partial charge in [0.2, 0.25) is 10.0 Å². The summed E-state index contributed by atoms with van der Waals surface area (Å²) in [5.74, 6) is 0.493. The lowest BCUT2D eigenvalue weighted by Crippen LogP contribution is -2.51. The smallest absolute Gasteiger partial charge is 0.243 e. The topological polar surface area (TPSA) is 70.1 Å². The van der Waals surface area contributed by atoms with Crippen LogP contribution in [0.25, 0.3) is 0 Å². The molecular formula is C29H36Cl2N2O4S. The summed E-state index contributed by atoms with van der Waals surface area (Å²) >= 11 is 6.18. The van der Waals surface area contributed by atoms with Gasteiger partial charge in [0, 0.05) is 30.1 Å². The van der Waals surface area contributed by atoms with Crippen LogP contribution in [0.1, 0.15) is 30.4 Å². The molecule has 0 bridgehead atoms. The molecule has 6 nitrogen and oxygen atoms in total. The standard InChI is InChI=1S/C29H35ClN2O4S.ClH/c1-31(2)21-24-17-26(15-16-29(24,33)23-11-7-13-27(18-23)36-3)32(20-22-9-5-4-6-10-22)37(34,35)28-14-8-12-25(30)19-28;/h4-14,18-19,24,26,33H,15-17,20-21H2,1-3H3;1H/t24-,26+,29+;/m1./s1. The van der Waals surface area contributed by atoms with Crippen molar-refractivity contribution in [2.75, 3.05) is 27.7 Å². The molecule has 206 valence electrons. The van der Waals surface area contributed by atoms with E-state index in [1.54, 1.807) is 29.6 Å². The molecule has 4 rings (SSSR count). The van der Waals surface area contributed by atoms with Crippen LogP contribution in [0.15, 0.2) is 83.8 Å². The second-order valence-corrected chi connectivity index (χ2v) is 12.4. The molecule has 0 aliphatic heterocycles. The number of benzene rings is 3. The molecule has 1 saturated carbocycles. The van der Waals surface area contributed by atoms with Crippen molar-refractivity contribution >= 4 is 34.0 Å². The molecule has 3 aromatic rings. The number of ether oxygens (including phenoxy) is 1. The van der Waals surface area contributed by atoms with Crippen molar-refractivity contribution in [2.24, 2.45) is 5.92 Å². The Bertz CT molecular complexity index is 1310. The second kappa shape index (κ2) is 12.8. The maximum absolute atomic E-state index is 14.0. The lowest BCUT2D eigenvalue weighted by atomic mass is 9.69. The summed E-state index contributed by atoms with van der Waals surface area (Å²) in [6.07, 6.45) is 1.46. The maximum atomic E-state index is 14.0. The molecule has 0 saturated heterocycles. The molecule has 0 unspecified atom stereocenters. The fourth-order valence-corrected chi connectivity index (χ4v) is 7.32. The average molecular weight is 580 g/mol. The third-order valence-corrected chi connectivity index (χ3v) is 9.37. The highest BCUT2D eigenvalue weighted by atomic mass is 35.5. The maximum Gasteiger partial charge on any atom is 0.243 e. The molecule has 3 aromatic carbocycles. The zero-order valence-electron chi connectivity index (χ0n) is 22.0. The van der Waals surface area contributed by atoms with Gasteiger partial charge in [0.1, 0.15) is 5.75 Å². The molecule has 38 heavy (non-hydrogen) atoms. The minimum absolute atomic E-state index is 0. The van der Waals surface area contributed by atoms with Gasteiger partial charge in [0.15, 0.2) is 0 Å². The lowest BCUT2D eigenvalue weighted by Gasteiger charge is -2.47. The fraction of sp³-hybridized carbons (Fsp3) is 0.379. The molecule has 0 aromatic heterocycles. The van der Waals surface area contributed by atoms with Crippen molar-refractivity contribution < 1.29 is 18.3 Å². The highest BCUT2D eigenvalue weighted by Gasteiger charge is 2.47. The monoisotopic (exact) mass is 578 g/mol. The Labute approximate surface area is 237 Å². The molecule has 0 amide bonds. The Morgan fingerprint density at radius 1 is 1.03 bits per heavy atom. The number of aliphatic hydroxyl groups is 1. The van der Waals surface area contributed by atoms with Gasteiger partial charge in [0.05, 0.1) is 17.6 Å². The van der Waals surface area contributed by atoms with Crippen LogP contribution in [-0.2, 0) is 22.2 Å². The van der Waals surface area contributed by atoms with Crippen LogP contribution < -0.4 is 4.74 Å². The van der Waals surface area contributed by atoms with Gasteiger partial charge in [0.25, 0.3) is 0 Å². The minimum Gasteiger partial charge on any atom is -0.497 e. The van der Waals surface area contributed by atoms with Crippen molar-refractivity contribution in [3.63, 3.8) is 0 Å². The number of methoxy groups -OCH3 is 1. The first kappa shape index (κ1) is 30.4. The molecule has 9 heteroatoms. The van der Waals surface area contributed by atoms with Crippen molar-refractivity contribution in [3.8, 4) is 5.75 Å². The summed E-state index contributed by atoms with van der Waals surface area (Å²) in [5.41, 5.74) is 0.600. The predicted molar refractivity (Wildman–Crippen MR) is 154 cm³/mol. The average Bonchev–Trinajstić information content (AvgIpc) is 2.89. The molecule has 0 spiro atoms. The summed E-state index contributed by atoms with van der Waals surface area (Å²) < 4.78 is 35.0.